The van der Waals surface area contributed by atoms with E-state index >= 15 is 0 Å². The molecule has 0 saturated carbocycles. The first-order valence-corrected chi connectivity index (χ1v) is 7.38. The second kappa shape index (κ2) is 8.27. The molecule has 0 aliphatic rings. The predicted octanol–water partition coefficient (Wildman–Crippen LogP) is 4.00. The summed E-state index contributed by atoms with van der Waals surface area (Å²) in [6.45, 7) is 1.83. The van der Waals surface area contributed by atoms with Crippen molar-refractivity contribution >= 4 is 11.6 Å². The Labute approximate surface area is 142 Å². The van der Waals surface area contributed by atoms with Crippen LogP contribution in [0.2, 0.25) is 0 Å². The first-order chi connectivity index (χ1) is 11.9. The summed E-state index contributed by atoms with van der Waals surface area (Å²) < 4.78 is 51.7. The molecule has 0 spiro atoms. The zero-order chi connectivity index (χ0) is 18.3. The fourth-order valence-electron chi connectivity index (χ4n) is 1.96. The molecule has 25 heavy (non-hydrogen) atoms. The Kier molecular flexibility index (Phi) is 6.10. The van der Waals surface area contributed by atoms with E-state index in [0.29, 0.717) is 18.1 Å². The van der Waals surface area contributed by atoms with Gasteiger partial charge in [0, 0.05) is 0 Å². The molecule has 5 nitrogen and oxygen atoms in total. The highest BCUT2D eigenvalue weighted by Crippen LogP contribution is 2.30. The van der Waals surface area contributed by atoms with Crippen LogP contribution in [0.15, 0.2) is 48.5 Å². The van der Waals surface area contributed by atoms with Crippen LogP contribution in [0.25, 0.3) is 0 Å². The van der Waals surface area contributed by atoms with Crippen LogP contribution in [0, 0.1) is 0 Å². The molecule has 0 heterocycles. The average molecular weight is 355 g/mol. The fourth-order valence-corrected chi connectivity index (χ4v) is 1.96. The van der Waals surface area contributed by atoms with Gasteiger partial charge in [-0.25, -0.2) is 0 Å². The van der Waals surface area contributed by atoms with Gasteiger partial charge in [-0.05, 0) is 31.2 Å². The highest BCUT2D eigenvalue weighted by atomic mass is 19.4. The molecular formula is C17H16F3NO4. The number of benzene rings is 2. The molecule has 0 unspecified atom stereocenters. The Morgan fingerprint density at radius 1 is 0.960 bits per heavy atom. The summed E-state index contributed by atoms with van der Waals surface area (Å²) in [5.74, 6) is -0.305. The zero-order valence-corrected chi connectivity index (χ0v) is 13.3. The van der Waals surface area contributed by atoms with E-state index in [4.69, 9.17) is 9.47 Å². The predicted molar refractivity (Wildman–Crippen MR) is 84.9 cm³/mol. The van der Waals surface area contributed by atoms with E-state index in [-0.39, 0.29) is 5.69 Å². The number of carbonyl (C=O) groups is 1. The van der Waals surface area contributed by atoms with Crippen LogP contribution in [-0.4, -0.2) is 25.5 Å². The van der Waals surface area contributed by atoms with Crippen LogP contribution < -0.4 is 19.5 Å². The molecule has 1 amide bonds. The maximum Gasteiger partial charge on any atom is 0.573 e. The summed E-state index contributed by atoms with van der Waals surface area (Å²) in [5, 5.41) is 2.33. The molecule has 2 rings (SSSR count). The molecule has 0 saturated heterocycles. The van der Waals surface area contributed by atoms with Gasteiger partial charge in [0.25, 0.3) is 5.91 Å². The number of para-hydroxylation sites is 4. The van der Waals surface area contributed by atoms with Gasteiger partial charge < -0.3 is 19.5 Å². The highest BCUT2D eigenvalue weighted by molar-refractivity contribution is 5.93. The van der Waals surface area contributed by atoms with Crippen molar-refractivity contribution in [2.24, 2.45) is 0 Å². The molecule has 8 heteroatoms. The molecule has 0 aromatic heterocycles. The van der Waals surface area contributed by atoms with Gasteiger partial charge in [-0.15, -0.1) is 13.2 Å². The second-order valence-corrected chi connectivity index (χ2v) is 4.76. The minimum atomic E-state index is -4.85. The van der Waals surface area contributed by atoms with Crippen LogP contribution in [-0.2, 0) is 4.79 Å². The lowest BCUT2D eigenvalue weighted by atomic mass is 10.3. The van der Waals surface area contributed by atoms with Crippen molar-refractivity contribution in [1.29, 1.82) is 0 Å². The van der Waals surface area contributed by atoms with E-state index in [1.807, 2.05) is 0 Å². The number of hydrogen-bond donors (Lipinski definition) is 1. The number of ether oxygens (including phenoxy) is 3. The number of nitrogens with one attached hydrogen (secondary N) is 1. The second-order valence-electron chi connectivity index (χ2n) is 4.76. The summed E-state index contributed by atoms with van der Waals surface area (Å²) in [7, 11) is 0. The maximum atomic E-state index is 12.4. The van der Waals surface area contributed by atoms with Crippen molar-refractivity contribution in [3.05, 3.63) is 48.5 Å². The van der Waals surface area contributed by atoms with Crippen molar-refractivity contribution in [2.75, 3.05) is 18.5 Å². The molecule has 0 fully saturated rings. The Morgan fingerprint density at radius 3 is 2.12 bits per heavy atom. The van der Waals surface area contributed by atoms with Crippen molar-refractivity contribution in [2.45, 2.75) is 13.3 Å². The Balaban J connectivity index is 2.00. The molecule has 0 aliphatic heterocycles. The van der Waals surface area contributed by atoms with Gasteiger partial charge in [-0.1, -0.05) is 24.3 Å². The van der Waals surface area contributed by atoms with Crippen LogP contribution in [0.1, 0.15) is 6.92 Å². The van der Waals surface area contributed by atoms with Crippen molar-refractivity contribution in [3.8, 4) is 17.2 Å². The van der Waals surface area contributed by atoms with Crippen LogP contribution in [0.3, 0.4) is 0 Å². The fraction of sp³-hybridized carbons (Fsp3) is 0.235. The number of alkyl halides is 3. The summed E-state index contributed by atoms with van der Waals surface area (Å²) in [5.41, 5.74) is -0.105. The lowest BCUT2D eigenvalue weighted by molar-refractivity contribution is -0.274. The molecular weight excluding hydrogens is 339 g/mol. The number of rotatable bonds is 7. The summed E-state index contributed by atoms with van der Waals surface area (Å²) in [6.07, 6.45) is -4.85. The Morgan fingerprint density at radius 2 is 1.52 bits per heavy atom. The molecule has 2 aromatic rings. The Bertz CT molecular complexity index is 719. The number of amides is 1. The molecule has 2 aromatic carbocycles. The molecule has 0 atom stereocenters. The lowest BCUT2D eigenvalue weighted by Gasteiger charge is -2.14. The SMILES string of the molecule is CCOc1ccccc1OCC(=O)Nc1ccccc1OC(F)(F)F. The van der Waals surface area contributed by atoms with E-state index in [1.54, 1.807) is 31.2 Å². The number of carbonyl (C=O) groups excluding carboxylic acids is 1. The molecule has 134 valence electrons. The van der Waals surface area contributed by atoms with E-state index < -0.39 is 24.6 Å². The monoisotopic (exact) mass is 355 g/mol. The Hall–Kier alpha value is -2.90. The largest absolute Gasteiger partial charge is 0.573 e. The minimum Gasteiger partial charge on any atom is -0.490 e. The van der Waals surface area contributed by atoms with Gasteiger partial charge in [-0.2, -0.15) is 0 Å². The third kappa shape index (κ3) is 5.91. The van der Waals surface area contributed by atoms with Crippen LogP contribution in [0.5, 0.6) is 17.2 Å². The standard InChI is InChI=1S/C17H16F3NO4/c1-2-23-14-9-5-6-10-15(14)24-11-16(22)21-12-7-3-4-8-13(12)25-17(18,19)20/h3-10H,2,11H2,1H3,(H,21,22). The number of anilines is 1. The molecule has 0 radical (unpaired) electrons. The van der Waals surface area contributed by atoms with E-state index in [1.165, 1.54) is 18.2 Å². The van der Waals surface area contributed by atoms with Crippen LogP contribution in [0.4, 0.5) is 18.9 Å². The third-order valence-corrected chi connectivity index (χ3v) is 2.89. The lowest BCUT2D eigenvalue weighted by Crippen LogP contribution is -2.22. The van der Waals surface area contributed by atoms with E-state index in [2.05, 4.69) is 10.1 Å². The van der Waals surface area contributed by atoms with Gasteiger partial charge >= 0.3 is 6.36 Å². The topological polar surface area (TPSA) is 56.8 Å². The normalized spacial score (nSPS) is 10.9. The van der Waals surface area contributed by atoms with Crippen molar-refractivity contribution < 1.29 is 32.2 Å². The summed E-state index contributed by atoms with van der Waals surface area (Å²) in [6, 6.07) is 12.0. The molecule has 1 N–H and O–H groups in total. The third-order valence-electron chi connectivity index (χ3n) is 2.89. The van der Waals surface area contributed by atoms with Crippen molar-refractivity contribution in [1.82, 2.24) is 0 Å². The highest BCUT2D eigenvalue weighted by Gasteiger charge is 2.32. The summed E-state index contributed by atoms with van der Waals surface area (Å²) >= 11 is 0. The number of halogens is 3. The smallest absolute Gasteiger partial charge is 0.490 e. The van der Waals surface area contributed by atoms with Gasteiger partial charge in [0.05, 0.1) is 12.3 Å². The van der Waals surface area contributed by atoms with Crippen molar-refractivity contribution in [3.63, 3.8) is 0 Å². The maximum absolute atomic E-state index is 12.4. The number of hydrogen-bond acceptors (Lipinski definition) is 4. The van der Waals surface area contributed by atoms with Gasteiger partial charge in [0.2, 0.25) is 0 Å². The van der Waals surface area contributed by atoms with Gasteiger partial charge in [-0.3, -0.25) is 4.79 Å². The zero-order valence-electron chi connectivity index (χ0n) is 13.3. The molecule has 0 aliphatic carbocycles. The van der Waals surface area contributed by atoms with E-state index in [0.717, 1.165) is 6.07 Å². The first-order valence-electron chi connectivity index (χ1n) is 7.38. The van der Waals surface area contributed by atoms with Crippen LogP contribution >= 0.6 is 0 Å². The van der Waals surface area contributed by atoms with E-state index in [9.17, 15) is 18.0 Å². The average Bonchev–Trinajstić information content (AvgIpc) is 2.55. The van der Waals surface area contributed by atoms with Gasteiger partial charge in [0.15, 0.2) is 23.9 Å². The molecule has 0 bridgehead atoms. The summed E-state index contributed by atoms with van der Waals surface area (Å²) in [4.78, 5) is 12.0. The van der Waals surface area contributed by atoms with Gasteiger partial charge in [0.1, 0.15) is 0 Å². The first kappa shape index (κ1) is 18.4. The minimum absolute atomic E-state index is 0.105. The quantitative estimate of drug-likeness (QED) is 0.816.